The zero-order valence-corrected chi connectivity index (χ0v) is 12.8. The minimum Gasteiger partial charge on any atom is -0.391 e. The molecule has 1 aromatic rings. The molecule has 3 nitrogen and oxygen atoms in total. The molecule has 1 amide bonds. The van der Waals surface area contributed by atoms with Crippen molar-refractivity contribution in [3.05, 3.63) is 21.4 Å². The van der Waals surface area contributed by atoms with Crippen LogP contribution in [0.1, 0.15) is 59.8 Å². The van der Waals surface area contributed by atoms with Crippen molar-refractivity contribution in [3.8, 4) is 0 Å². The number of fused-ring (bicyclic) bond motifs is 1. The molecule has 0 aromatic carbocycles. The van der Waals surface area contributed by atoms with Gasteiger partial charge < -0.3 is 10.4 Å². The summed E-state index contributed by atoms with van der Waals surface area (Å²) in [6.07, 6.45) is 6.81. The van der Waals surface area contributed by atoms with Crippen LogP contribution in [0.25, 0.3) is 0 Å². The Morgan fingerprint density at radius 1 is 1.35 bits per heavy atom. The molecule has 1 saturated carbocycles. The molecule has 3 rings (SSSR count). The molecular weight excluding hydrogens is 270 g/mol. The molecule has 2 N–H and O–H groups in total. The minimum atomic E-state index is -0.373. The molecule has 1 aromatic heterocycles. The predicted octanol–water partition coefficient (Wildman–Crippen LogP) is 2.91. The molecule has 0 spiro atoms. The third-order valence-corrected chi connectivity index (χ3v) is 5.74. The number of aliphatic hydroxyl groups excluding tert-OH is 1. The number of thiophene rings is 1. The van der Waals surface area contributed by atoms with Gasteiger partial charge >= 0.3 is 0 Å². The molecule has 2 aliphatic carbocycles. The Morgan fingerprint density at radius 2 is 2.15 bits per heavy atom. The highest BCUT2D eigenvalue weighted by atomic mass is 32.1. The van der Waals surface area contributed by atoms with Crippen molar-refractivity contribution in [3.63, 3.8) is 0 Å². The van der Waals surface area contributed by atoms with Crippen LogP contribution in [0.15, 0.2) is 5.38 Å². The fourth-order valence-electron chi connectivity index (χ4n) is 3.39. The smallest absolute Gasteiger partial charge is 0.252 e. The van der Waals surface area contributed by atoms with Crippen molar-refractivity contribution in [1.82, 2.24) is 5.32 Å². The quantitative estimate of drug-likeness (QED) is 0.881. The molecule has 3 atom stereocenters. The first-order chi connectivity index (χ1) is 9.65. The van der Waals surface area contributed by atoms with E-state index in [1.165, 1.54) is 16.9 Å². The summed E-state index contributed by atoms with van der Waals surface area (Å²) >= 11 is 1.72. The van der Waals surface area contributed by atoms with Gasteiger partial charge in [-0.3, -0.25) is 4.79 Å². The maximum Gasteiger partial charge on any atom is 0.252 e. The van der Waals surface area contributed by atoms with Crippen LogP contribution in [0.2, 0.25) is 0 Å². The number of carbonyl (C=O) groups excluding carboxylic acids is 1. The summed E-state index contributed by atoms with van der Waals surface area (Å²) in [5.74, 6) is 0.750. The van der Waals surface area contributed by atoms with Crippen LogP contribution in [0.5, 0.6) is 0 Å². The number of rotatable bonds is 2. The van der Waals surface area contributed by atoms with Gasteiger partial charge in [0.05, 0.1) is 17.7 Å². The summed E-state index contributed by atoms with van der Waals surface area (Å²) < 4.78 is 0. The summed E-state index contributed by atoms with van der Waals surface area (Å²) in [7, 11) is 0. The van der Waals surface area contributed by atoms with E-state index in [1.807, 2.05) is 5.38 Å². The lowest BCUT2D eigenvalue weighted by molar-refractivity contribution is 0.0716. The SMILES string of the molecule is CC1CCc2c(C(=O)N[C@H]3CCCC[C@@H]3O)csc2C1. The van der Waals surface area contributed by atoms with E-state index in [0.717, 1.165) is 50.0 Å². The number of hydrogen-bond donors (Lipinski definition) is 2. The van der Waals surface area contributed by atoms with Crippen LogP contribution in [0.4, 0.5) is 0 Å². The number of carbonyl (C=O) groups is 1. The van der Waals surface area contributed by atoms with Gasteiger partial charge in [-0.2, -0.15) is 0 Å². The minimum absolute atomic E-state index is 0.0167. The van der Waals surface area contributed by atoms with Crippen LogP contribution in [0.3, 0.4) is 0 Å². The molecule has 1 fully saturated rings. The van der Waals surface area contributed by atoms with Crippen LogP contribution >= 0.6 is 11.3 Å². The van der Waals surface area contributed by atoms with Gasteiger partial charge in [-0.1, -0.05) is 19.8 Å². The van der Waals surface area contributed by atoms with Crippen molar-refractivity contribution in [2.75, 3.05) is 0 Å². The zero-order chi connectivity index (χ0) is 14.1. The fraction of sp³-hybridized carbons (Fsp3) is 0.688. The second kappa shape index (κ2) is 5.86. The average molecular weight is 293 g/mol. The molecule has 1 heterocycles. The van der Waals surface area contributed by atoms with Crippen molar-refractivity contribution in [2.45, 2.75) is 64.0 Å². The highest BCUT2D eigenvalue weighted by Crippen LogP contribution is 2.33. The highest BCUT2D eigenvalue weighted by molar-refractivity contribution is 7.10. The van der Waals surface area contributed by atoms with Crippen LogP contribution in [0, 0.1) is 5.92 Å². The van der Waals surface area contributed by atoms with Gasteiger partial charge in [-0.25, -0.2) is 0 Å². The first kappa shape index (κ1) is 14.1. The molecular formula is C16H23NO2S. The number of nitrogens with one attached hydrogen (secondary N) is 1. The highest BCUT2D eigenvalue weighted by Gasteiger charge is 2.28. The molecule has 0 bridgehead atoms. The largest absolute Gasteiger partial charge is 0.391 e. The molecule has 0 radical (unpaired) electrons. The van der Waals surface area contributed by atoms with Crippen LogP contribution in [-0.2, 0) is 12.8 Å². The topological polar surface area (TPSA) is 49.3 Å². The summed E-state index contributed by atoms with van der Waals surface area (Å²) in [6.45, 7) is 2.28. The molecule has 4 heteroatoms. The molecule has 0 saturated heterocycles. The Labute approximate surface area is 124 Å². The maximum atomic E-state index is 12.5. The Balaban J connectivity index is 1.71. The van der Waals surface area contributed by atoms with E-state index in [0.29, 0.717) is 0 Å². The molecule has 0 aliphatic heterocycles. The van der Waals surface area contributed by atoms with E-state index in [-0.39, 0.29) is 18.1 Å². The lowest BCUT2D eigenvalue weighted by atomic mass is 9.88. The standard InChI is InChI=1S/C16H23NO2S/c1-10-6-7-11-12(9-20-15(11)8-10)16(19)17-13-4-2-3-5-14(13)18/h9-10,13-14,18H,2-8H2,1H3,(H,17,19)/t10?,13-,14-/m0/s1. The second-order valence-electron chi connectivity index (χ2n) is 6.33. The first-order valence-corrected chi connectivity index (χ1v) is 8.61. The van der Waals surface area contributed by atoms with Gasteiger partial charge in [0.25, 0.3) is 5.91 Å². The monoisotopic (exact) mass is 293 g/mol. The number of hydrogen-bond acceptors (Lipinski definition) is 3. The Kier molecular flexibility index (Phi) is 4.13. The zero-order valence-electron chi connectivity index (χ0n) is 12.0. The van der Waals surface area contributed by atoms with Gasteiger partial charge in [0, 0.05) is 10.3 Å². The Hall–Kier alpha value is -0.870. The molecule has 110 valence electrons. The Bertz CT molecular complexity index is 497. The van der Waals surface area contributed by atoms with Crippen molar-refractivity contribution in [1.29, 1.82) is 0 Å². The Morgan fingerprint density at radius 3 is 2.95 bits per heavy atom. The van der Waals surface area contributed by atoms with Gasteiger partial charge in [0.2, 0.25) is 0 Å². The summed E-state index contributed by atoms with van der Waals surface area (Å²) in [5, 5.41) is 15.0. The van der Waals surface area contributed by atoms with Gasteiger partial charge in [0.15, 0.2) is 0 Å². The fourth-order valence-corrected chi connectivity index (χ4v) is 4.64. The molecule has 1 unspecified atom stereocenters. The third kappa shape index (κ3) is 2.77. The van der Waals surface area contributed by atoms with Gasteiger partial charge in [0.1, 0.15) is 0 Å². The van der Waals surface area contributed by atoms with Crippen LogP contribution < -0.4 is 5.32 Å². The average Bonchev–Trinajstić information content (AvgIpc) is 2.84. The third-order valence-electron chi connectivity index (χ3n) is 4.69. The number of aliphatic hydroxyl groups is 1. The van der Waals surface area contributed by atoms with Crippen LogP contribution in [-0.4, -0.2) is 23.2 Å². The summed E-state index contributed by atoms with van der Waals surface area (Å²) in [5.41, 5.74) is 2.12. The summed E-state index contributed by atoms with van der Waals surface area (Å²) in [6, 6.07) is -0.0608. The van der Waals surface area contributed by atoms with E-state index >= 15 is 0 Å². The maximum absolute atomic E-state index is 12.5. The van der Waals surface area contributed by atoms with Crippen molar-refractivity contribution >= 4 is 17.2 Å². The number of amides is 1. The summed E-state index contributed by atoms with van der Waals surface area (Å²) in [4.78, 5) is 13.8. The van der Waals surface area contributed by atoms with E-state index < -0.39 is 0 Å². The van der Waals surface area contributed by atoms with E-state index in [2.05, 4.69) is 12.2 Å². The van der Waals surface area contributed by atoms with E-state index in [1.54, 1.807) is 11.3 Å². The van der Waals surface area contributed by atoms with Gasteiger partial charge in [-0.05, 0) is 43.6 Å². The van der Waals surface area contributed by atoms with Crippen molar-refractivity contribution in [2.24, 2.45) is 5.92 Å². The lowest BCUT2D eigenvalue weighted by Crippen LogP contribution is -2.45. The first-order valence-electron chi connectivity index (χ1n) is 7.73. The molecule has 20 heavy (non-hydrogen) atoms. The predicted molar refractivity (Wildman–Crippen MR) is 81.2 cm³/mol. The second-order valence-corrected chi connectivity index (χ2v) is 7.30. The normalized spacial score (nSPS) is 29.8. The molecule has 2 aliphatic rings. The van der Waals surface area contributed by atoms with E-state index in [4.69, 9.17) is 0 Å². The van der Waals surface area contributed by atoms with Gasteiger partial charge in [-0.15, -0.1) is 11.3 Å². The van der Waals surface area contributed by atoms with E-state index in [9.17, 15) is 9.90 Å². The lowest BCUT2D eigenvalue weighted by Gasteiger charge is -2.28. The van der Waals surface area contributed by atoms with Crippen molar-refractivity contribution < 1.29 is 9.90 Å².